The second-order valence-electron chi connectivity index (χ2n) is 9.90. The minimum Gasteiger partial charge on any atom is -0.465 e. The number of hydrogen-bond donors (Lipinski definition) is 2. The minimum absolute atomic E-state index is 0.0999. The van der Waals surface area contributed by atoms with Gasteiger partial charge in [-0.1, -0.05) is 18.2 Å². The molecule has 234 valence electrons. The Kier molecular flexibility index (Phi) is 10.2. The van der Waals surface area contributed by atoms with E-state index in [1.807, 2.05) is 4.98 Å². The highest BCUT2D eigenvalue weighted by atomic mass is 31.2. The first-order chi connectivity index (χ1) is 20.4. The van der Waals surface area contributed by atoms with Crippen molar-refractivity contribution in [3.05, 3.63) is 63.4 Å². The number of alkyl halides is 1. The van der Waals surface area contributed by atoms with Crippen LogP contribution in [0, 0.1) is 0 Å². The van der Waals surface area contributed by atoms with Gasteiger partial charge in [-0.25, -0.2) is 13.8 Å². The van der Waals surface area contributed by atoms with Gasteiger partial charge >= 0.3 is 31.3 Å². The van der Waals surface area contributed by atoms with Gasteiger partial charge in [-0.3, -0.25) is 33.3 Å². The largest absolute Gasteiger partial charge is 0.465 e. The second kappa shape index (κ2) is 13.6. The van der Waals surface area contributed by atoms with Crippen LogP contribution >= 0.6 is 7.75 Å². The summed E-state index contributed by atoms with van der Waals surface area (Å²) in [7, 11) is -4.45. The van der Waals surface area contributed by atoms with Gasteiger partial charge in [0.1, 0.15) is 24.5 Å². The van der Waals surface area contributed by atoms with E-state index < -0.39 is 80.1 Å². The van der Waals surface area contributed by atoms with Crippen molar-refractivity contribution < 1.29 is 51.3 Å². The molecule has 2 aliphatic heterocycles. The molecule has 43 heavy (non-hydrogen) atoms. The Morgan fingerprint density at radius 3 is 2.49 bits per heavy atom. The first-order valence-electron chi connectivity index (χ1n) is 13.3. The van der Waals surface area contributed by atoms with Crippen LogP contribution in [0.2, 0.25) is 0 Å². The molecule has 2 fully saturated rings. The van der Waals surface area contributed by atoms with Crippen LogP contribution in [-0.4, -0.2) is 71.2 Å². The average Bonchev–Trinajstić information content (AvgIpc) is 3.18. The van der Waals surface area contributed by atoms with Crippen molar-refractivity contribution in [1.29, 1.82) is 0 Å². The first-order valence-corrected chi connectivity index (χ1v) is 14.9. The molecule has 0 saturated carbocycles. The van der Waals surface area contributed by atoms with Crippen LogP contribution in [0.4, 0.5) is 4.39 Å². The van der Waals surface area contributed by atoms with Crippen molar-refractivity contribution in [2.45, 2.75) is 63.3 Å². The number of carbonyl (C=O) groups excluding carboxylic acids is 3. The number of ether oxygens (including phenoxy) is 4. The highest BCUT2D eigenvalue weighted by Crippen LogP contribution is 2.48. The van der Waals surface area contributed by atoms with E-state index in [1.165, 1.54) is 19.1 Å². The molecular weight excluding hydrogens is 596 g/mol. The van der Waals surface area contributed by atoms with Gasteiger partial charge in [0, 0.05) is 18.7 Å². The number of halogens is 1. The molecule has 17 heteroatoms. The monoisotopic (exact) mass is 627 g/mol. The molecule has 2 aromatic rings. The third-order valence-corrected chi connectivity index (χ3v) is 8.11. The van der Waals surface area contributed by atoms with E-state index in [0.717, 1.165) is 23.8 Å². The zero-order valence-corrected chi connectivity index (χ0v) is 24.2. The number of fused-ring (bicyclic) bond motifs is 1. The van der Waals surface area contributed by atoms with Gasteiger partial charge in [-0.05, 0) is 32.4 Å². The average molecular weight is 628 g/mol. The zero-order chi connectivity index (χ0) is 31.2. The maximum absolute atomic E-state index is 16.4. The Morgan fingerprint density at radius 1 is 1.02 bits per heavy atom. The summed E-state index contributed by atoms with van der Waals surface area (Å²) >= 11 is 0. The molecule has 1 aromatic heterocycles. The van der Waals surface area contributed by atoms with Crippen LogP contribution in [0.25, 0.3) is 0 Å². The standard InChI is InChI=1S/C26H31FN3O12P/c1-16-23(34)38-13-6-9-20(32)37-14-11-21(33)41-22-18(15-39-43(36,29-16)42-17-7-4-3-5-8-17)40-24(26(22,2)27)30-12-10-19(31)28-25(30)35/h3-5,7-8,10,12,16,18,22,24H,6,9,11,13-15H2,1-2H3,(H,29,36)(H,28,31,35)/t16-,18+,22+,24+,26+,43+/m0/s1. The number of benzene rings is 1. The SMILES string of the molecule is C[C@@H]1N[P@](=O)(Oc2ccccc2)OC[C@H]2O[C@@H](n3ccc(=O)[nH]c3=O)[C@](C)(F)[C@@H]2OC(=O)CCOC(=O)CCCOC1=O. The Labute approximate surface area is 244 Å². The lowest BCUT2D eigenvalue weighted by molar-refractivity contribution is -0.161. The van der Waals surface area contributed by atoms with Crippen LogP contribution in [-0.2, 0) is 42.4 Å². The van der Waals surface area contributed by atoms with Crippen LogP contribution in [0.5, 0.6) is 5.75 Å². The van der Waals surface area contributed by atoms with E-state index in [9.17, 15) is 28.5 Å². The zero-order valence-electron chi connectivity index (χ0n) is 23.3. The molecule has 0 unspecified atom stereocenters. The number of H-pyrrole nitrogens is 1. The summed E-state index contributed by atoms with van der Waals surface area (Å²) in [4.78, 5) is 63.3. The van der Waals surface area contributed by atoms with E-state index in [0.29, 0.717) is 0 Å². The number of hydrogen-bond acceptors (Lipinski definition) is 12. The third kappa shape index (κ3) is 8.16. The summed E-state index contributed by atoms with van der Waals surface area (Å²) in [6.07, 6.45) is -4.41. The minimum atomic E-state index is -4.45. The summed E-state index contributed by atoms with van der Waals surface area (Å²) in [5.74, 6) is -2.36. The van der Waals surface area contributed by atoms with Crippen molar-refractivity contribution >= 4 is 25.7 Å². The van der Waals surface area contributed by atoms with E-state index in [1.54, 1.807) is 18.2 Å². The number of nitrogens with one attached hydrogen (secondary N) is 2. The number of rotatable bonds is 3. The molecule has 0 amide bonds. The lowest BCUT2D eigenvalue weighted by Crippen LogP contribution is -2.46. The molecule has 2 saturated heterocycles. The molecule has 6 atom stereocenters. The Balaban J connectivity index is 1.66. The third-order valence-electron chi connectivity index (χ3n) is 6.46. The molecule has 0 aliphatic carbocycles. The number of carbonyl (C=O) groups is 3. The Hall–Kier alpha value is -3.85. The molecule has 0 spiro atoms. The van der Waals surface area contributed by atoms with Gasteiger partial charge in [0.25, 0.3) is 5.56 Å². The number of aromatic amines is 1. The Bertz CT molecular complexity index is 1480. The lowest BCUT2D eigenvalue weighted by atomic mass is 9.98. The maximum Gasteiger partial charge on any atom is 0.459 e. The van der Waals surface area contributed by atoms with Crippen LogP contribution in [0.15, 0.2) is 52.2 Å². The molecule has 0 radical (unpaired) electrons. The summed E-state index contributed by atoms with van der Waals surface area (Å²) in [5.41, 5.74) is -4.34. The van der Waals surface area contributed by atoms with Crippen LogP contribution < -0.4 is 20.9 Å². The number of nitrogens with zero attached hydrogens (tertiary/aromatic N) is 1. The fourth-order valence-corrected chi connectivity index (χ4v) is 5.85. The highest BCUT2D eigenvalue weighted by Gasteiger charge is 2.58. The predicted molar refractivity (Wildman–Crippen MR) is 144 cm³/mol. The molecule has 4 rings (SSSR count). The van der Waals surface area contributed by atoms with Crippen molar-refractivity contribution in [3.63, 3.8) is 0 Å². The van der Waals surface area contributed by atoms with E-state index in [-0.39, 0.29) is 31.8 Å². The summed E-state index contributed by atoms with van der Waals surface area (Å²) in [6.45, 7) is 1.10. The van der Waals surface area contributed by atoms with Gasteiger partial charge < -0.3 is 23.5 Å². The van der Waals surface area contributed by atoms with Crippen LogP contribution in [0.3, 0.4) is 0 Å². The number of esters is 3. The van der Waals surface area contributed by atoms with Crippen molar-refractivity contribution in [1.82, 2.24) is 14.6 Å². The molecule has 15 nitrogen and oxygen atoms in total. The summed E-state index contributed by atoms with van der Waals surface area (Å²) < 4.78 is 63.5. The molecule has 2 aliphatic rings. The molecule has 2 N–H and O–H groups in total. The van der Waals surface area contributed by atoms with Crippen molar-refractivity contribution in [2.24, 2.45) is 0 Å². The van der Waals surface area contributed by atoms with Crippen LogP contribution in [0.1, 0.15) is 39.3 Å². The van der Waals surface area contributed by atoms with Gasteiger partial charge in [0.15, 0.2) is 18.0 Å². The smallest absolute Gasteiger partial charge is 0.459 e. The fourth-order valence-electron chi connectivity index (χ4n) is 4.35. The second-order valence-corrected chi connectivity index (χ2v) is 11.6. The number of para-hydroxylation sites is 1. The van der Waals surface area contributed by atoms with Gasteiger partial charge in [0.05, 0.1) is 19.6 Å². The maximum atomic E-state index is 16.4. The normalized spacial score (nSPS) is 31.5. The molecule has 1 aromatic carbocycles. The van der Waals surface area contributed by atoms with Gasteiger partial charge in [-0.2, -0.15) is 5.09 Å². The molecule has 0 bridgehead atoms. The number of cyclic esters (lactones) is 2. The lowest BCUT2D eigenvalue weighted by Gasteiger charge is -2.28. The fraction of sp³-hybridized carbons (Fsp3) is 0.500. The van der Waals surface area contributed by atoms with Crippen molar-refractivity contribution in [3.8, 4) is 5.75 Å². The molecule has 3 heterocycles. The quantitative estimate of drug-likeness (QED) is 0.283. The van der Waals surface area contributed by atoms with Gasteiger partial charge in [-0.15, -0.1) is 0 Å². The molecular formula is C26H31FN3O12P. The van der Waals surface area contributed by atoms with E-state index >= 15 is 4.39 Å². The number of aromatic nitrogens is 2. The van der Waals surface area contributed by atoms with E-state index in [2.05, 4.69) is 5.09 Å². The summed E-state index contributed by atoms with van der Waals surface area (Å²) in [6, 6.07) is 7.57. The first kappa shape index (κ1) is 32.1. The van der Waals surface area contributed by atoms with Crippen molar-refractivity contribution in [2.75, 3.05) is 19.8 Å². The van der Waals surface area contributed by atoms with Gasteiger partial charge in [0.2, 0.25) is 0 Å². The topological polar surface area (TPSA) is 191 Å². The predicted octanol–water partition coefficient (Wildman–Crippen LogP) is 1.53. The summed E-state index contributed by atoms with van der Waals surface area (Å²) in [5, 5.41) is 2.47. The van der Waals surface area contributed by atoms with E-state index in [4.69, 9.17) is 28.0 Å². The highest BCUT2D eigenvalue weighted by molar-refractivity contribution is 7.52. The Morgan fingerprint density at radius 2 is 1.77 bits per heavy atom.